The van der Waals surface area contributed by atoms with Crippen LogP contribution < -0.4 is 0 Å². The molecule has 1 saturated heterocycles. The molecule has 0 amide bonds. The van der Waals surface area contributed by atoms with Crippen molar-refractivity contribution in [3.8, 4) is 0 Å². The molecule has 2 rings (SSSR count). The van der Waals surface area contributed by atoms with E-state index < -0.39 is 12.1 Å². The Morgan fingerprint density at radius 1 is 1.71 bits per heavy atom. The van der Waals surface area contributed by atoms with Crippen molar-refractivity contribution in [2.75, 3.05) is 19.7 Å². The van der Waals surface area contributed by atoms with E-state index in [2.05, 4.69) is 4.98 Å². The summed E-state index contributed by atoms with van der Waals surface area (Å²) < 4.78 is 5.15. The van der Waals surface area contributed by atoms with Crippen molar-refractivity contribution < 1.29 is 14.6 Å². The van der Waals surface area contributed by atoms with E-state index in [1.165, 1.54) is 0 Å². The molecule has 0 radical (unpaired) electrons. The standard InChI is InChI=1S/C11H13ClN2O3/c12-9-5-13-2-1-8(9)6-14-3-4-17-10(7-14)11(15)16/h1-2,5,10H,3-4,6-7H2,(H,15,16). The van der Waals surface area contributed by atoms with Gasteiger partial charge in [-0.25, -0.2) is 4.79 Å². The number of pyridine rings is 1. The Morgan fingerprint density at radius 3 is 3.24 bits per heavy atom. The van der Waals surface area contributed by atoms with E-state index in [9.17, 15) is 4.79 Å². The summed E-state index contributed by atoms with van der Waals surface area (Å²) in [5, 5.41) is 9.49. The number of morpholine rings is 1. The predicted molar refractivity (Wildman–Crippen MR) is 61.9 cm³/mol. The van der Waals surface area contributed by atoms with Crippen LogP contribution in [0, 0.1) is 0 Å². The minimum atomic E-state index is -0.921. The second-order valence-corrected chi connectivity index (χ2v) is 4.31. The molecule has 0 saturated carbocycles. The molecule has 1 unspecified atom stereocenters. The van der Waals surface area contributed by atoms with Crippen LogP contribution in [0.4, 0.5) is 0 Å². The summed E-state index contributed by atoms with van der Waals surface area (Å²) in [7, 11) is 0. The van der Waals surface area contributed by atoms with Crippen molar-refractivity contribution in [1.29, 1.82) is 0 Å². The molecule has 1 atom stereocenters. The lowest BCUT2D eigenvalue weighted by Gasteiger charge is -2.30. The Kier molecular flexibility index (Phi) is 3.93. The van der Waals surface area contributed by atoms with E-state index in [1.54, 1.807) is 12.4 Å². The molecular weight excluding hydrogens is 244 g/mol. The van der Waals surface area contributed by atoms with Crippen molar-refractivity contribution >= 4 is 17.6 Å². The Balaban J connectivity index is 1.99. The number of hydrogen-bond acceptors (Lipinski definition) is 4. The van der Waals surface area contributed by atoms with Crippen molar-refractivity contribution in [1.82, 2.24) is 9.88 Å². The summed E-state index contributed by atoms with van der Waals surface area (Å²) in [6.45, 7) is 2.14. The molecule has 17 heavy (non-hydrogen) atoms. The minimum Gasteiger partial charge on any atom is -0.479 e. The Labute approximate surface area is 104 Å². The summed E-state index contributed by atoms with van der Waals surface area (Å²) in [6, 6.07) is 1.84. The highest BCUT2D eigenvalue weighted by Gasteiger charge is 2.26. The molecule has 1 fully saturated rings. The Hall–Kier alpha value is -1.17. The zero-order valence-corrected chi connectivity index (χ0v) is 9.93. The Morgan fingerprint density at radius 2 is 2.53 bits per heavy atom. The second-order valence-electron chi connectivity index (χ2n) is 3.90. The number of ether oxygens (including phenoxy) is 1. The molecule has 1 aromatic rings. The lowest BCUT2D eigenvalue weighted by Crippen LogP contribution is -2.45. The third kappa shape index (κ3) is 3.15. The number of carboxylic acids is 1. The number of nitrogens with zero attached hydrogens (tertiary/aromatic N) is 2. The molecule has 0 spiro atoms. The summed E-state index contributed by atoms with van der Waals surface area (Å²) in [4.78, 5) is 16.8. The van der Waals surface area contributed by atoms with Crippen LogP contribution in [0.1, 0.15) is 5.56 Å². The third-order valence-electron chi connectivity index (χ3n) is 2.68. The van der Waals surface area contributed by atoms with Crippen LogP contribution in [0.3, 0.4) is 0 Å². The van der Waals surface area contributed by atoms with E-state index in [0.29, 0.717) is 31.3 Å². The van der Waals surface area contributed by atoms with Crippen LogP contribution in [-0.2, 0) is 16.1 Å². The van der Waals surface area contributed by atoms with E-state index in [-0.39, 0.29) is 0 Å². The highest BCUT2D eigenvalue weighted by molar-refractivity contribution is 6.31. The monoisotopic (exact) mass is 256 g/mol. The highest BCUT2D eigenvalue weighted by Crippen LogP contribution is 2.17. The molecule has 92 valence electrons. The highest BCUT2D eigenvalue weighted by atomic mass is 35.5. The number of carboxylic acid groups (broad SMARTS) is 1. The van der Waals surface area contributed by atoms with E-state index in [1.807, 2.05) is 11.0 Å². The minimum absolute atomic E-state index is 0.383. The maximum absolute atomic E-state index is 10.8. The first-order chi connectivity index (χ1) is 8.16. The quantitative estimate of drug-likeness (QED) is 0.875. The second kappa shape index (κ2) is 5.44. The van der Waals surface area contributed by atoms with Crippen molar-refractivity contribution in [3.05, 3.63) is 29.0 Å². The van der Waals surface area contributed by atoms with Crippen LogP contribution in [0.5, 0.6) is 0 Å². The fraction of sp³-hybridized carbons (Fsp3) is 0.455. The summed E-state index contributed by atoms with van der Waals surface area (Å²) in [5.74, 6) is -0.921. The average Bonchev–Trinajstić information content (AvgIpc) is 2.32. The van der Waals surface area contributed by atoms with Gasteiger partial charge in [0.05, 0.1) is 11.6 Å². The van der Waals surface area contributed by atoms with Gasteiger partial charge in [-0.3, -0.25) is 9.88 Å². The number of hydrogen-bond donors (Lipinski definition) is 1. The van der Waals surface area contributed by atoms with Gasteiger partial charge >= 0.3 is 5.97 Å². The molecule has 6 heteroatoms. The number of aliphatic carboxylic acids is 1. The predicted octanol–water partition coefficient (Wildman–Crippen LogP) is 1.02. The number of rotatable bonds is 3. The van der Waals surface area contributed by atoms with E-state index >= 15 is 0 Å². The summed E-state index contributed by atoms with van der Waals surface area (Å²) in [5.41, 5.74) is 0.952. The lowest BCUT2D eigenvalue weighted by atomic mass is 10.2. The van der Waals surface area contributed by atoms with Crippen LogP contribution in [-0.4, -0.2) is 46.8 Å². The molecule has 2 heterocycles. The van der Waals surface area contributed by atoms with Crippen LogP contribution in [0.2, 0.25) is 5.02 Å². The van der Waals surface area contributed by atoms with Crippen molar-refractivity contribution in [2.24, 2.45) is 0 Å². The van der Waals surface area contributed by atoms with Crippen LogP contribution in [0.15, 0.2) is 18.5 Å². The fourth-order valence-electron chi connectivity index (χ4n) is 1.77. The maximum Gasteiger partial charge on any atom is 0.334 e. The molecule has 5 nitrogen and oxygen atoms in total. The lowest BCUT2D eigenvalue weighted by molar-refractivity contribution is -0.156. The van der Waals surface area contributed by atoms with Gasteiger partial charge in [-0.2, -0.15) is 0 Å². The molecule has 1 N–H and O–H groups in total. The molecule has 0 bridgehead atoms. The SMILES string of the molecule is O=C(O)C1CN(Cc2ccncc2Cl)CCO1. The van der Waals surface area contributed by atoms with Gasteiger partial charge in [0.2, 0.25) is 0 Å². The average molecular weight is 257 g/mol. The molecule has 0 aromatic carbocycles. The normalized spacial score (nSPS) is 21.4. The van der Waals surface area contributed by atoms with Gasteiger partial charge in [0.25, 0.3) is 0 Å². The van der Waals surface area contributed by atoms with E-state index in [4.69, 9.17) is 21.4 Å². The molecule has 1 aliphatic rings. The van der Waals surface area contributed by atoms with Gasteiger partial charge in [-0.05, 0) is 11.6 Å². The van der Waals surface area contributed by atoms with Crippen molar-refractivity contribution in [3.63, 3.8) is 0 Å². The van der Waals surface area contributed by atoms with Gasteiger partial charge < -0.3 is 9.84 Å². The number of halogens is 1. The first-order valence-electron chi connectivity index (χ1n) is 5.32. The summed E-state index contributed by atoms with van der Waals surface area (Å²) in [6.07, 6.45) is 2.52. The topological polar surface area (TPSA) is 62.7 Å². The van der Waals surface area contributed by atoms with Gasteiger partial charge in [0.15, 0.2) is 6.10 Å². The fourth-order valence-corrected chi connectivity index (χ4v) is 1.95. The molecular formula is C11H13ClN2O3. The number of aromatic nitrogens is 1. The van der Waals surface area contributed by atoms with Crippen LogP contribution in [0.25, 0.3) is 0 Å². The zero-order valence-electron chi connectivity index (χ0n) is 9.17. The molecule has 0 aliphatic carbocycles. The molecule has 1 aromatic heterocycles. The largest absolute Gasteiger partial charge is 0.479 e. The smallest absolute Gasteiger partial charge is 0.334 e. The van der Waals surface area contributed by atoms with Gasteiger partial charge in [-0.1, -0.05) is 11.6 Å². The summed E-state index contributed by atoms with van der Waals surface area (Å²) >= 11 is 6.01. The molecule has 1 aliphatic heterocycles. The van der Waals surface area contributed by atoms with E-state index in [0.717, 1.165) is 5.56 Å². The Bertz CT molecular complexity index is 413. The first-order valence-corrected chi connectivity index (χ1v) is 5.70. The third-order valence-corrected chi connectivity index (χ3v) is 3.02. The number of carbonyl (C=O) groups is 1. The maximum atomic E-state index is 10.8. The first kappa shape index (κ1) is 12.3. The zero-order chi connectivity index (χ0) is 12.3. The van der Waals surface area contributed by atoms with Gasteiger partial charge in [0.1, 0.15) is 0 Å². The van der Waals surface area contributed by atoms with Gasteiger partial charge in [-0.15, -0.1) is 0 Å². The van der Waals surface area contributed by atoms with Crippen molar-refractivity contribution in [2.45, 2.75) is 12.6 Å². The van der Waals surface area contributed by atoms with Gasteiger partial charge in [0, 0.05) is 32.0 Å². The van der Waals surface area contributed by atoms with Crippen LogP contribution >= 0.6 is 11.6 Å².